The van der Waals surface area contributed by atoms with E-state index in [1.54, 1.807) is 31.2 Å². The molecule has 2 aromatic carbocycles. The Morgan fingerprint density at radius 2 is 1.79 bits per heavy atom. The fourth-order valence-corrected chi connectivity index (χ4v) is 3.90. The van der Waals surface area contributed by atoms with Crippen LogP contribution in [0.3, 0.4) is 0 Å². The van der Waals surface area contributed by atoms with Crippen molar-refractivity contribution in [2.24, 2.45) is 0 Å². The highest BCUT2D eigenvalue weighted by Crippen LogP contribution is 2.24. The van der Waals surface area contributed by atoms with Gasteiger partial charge in [-0.2, -0.15) is 4.31 Å². The number of carbonyl (C=O) groups excluding carboxylic acids is 1. The Balaban J connectivity index is 2.13. The van der Waals surface area contributed by atoms with Crippen LogP contribution in [0.5, 0.6) is 0 Å². The summed E-state index contributed by atoms with van der Waals surface area (Å²) in [6.07, 6.45) is 0. The van der Waals surface area contributed by atoms with Crippen LogP contribution in [0.1, 0.15) is 18.5 Å². The van der Waals surface area contributed by atoms with Gasteiger partial charge in [0.2, 0.25) is 15.9 Å². The minimum Gasteiger partial charge on any atom is -0.338 e. The number of likely N-dealkylation sites (N-methyl/N-ethyl adjacent to an activating group) is 2. The number of amides is 1. The normalized spacial score (nSPS) is 12.6. The number of rotatable bonds is 7. The van der Waals surface area contributed by atoms with Crippen LogP contribution in [-0.4, -0.2) is 49.1 Å². The van der Waals surface area contributed by atoms with Gasteiger partial charge in [-0.3, -0.25) is 14.9 Å². The zero-order valence-electron chi connectivity index (χ0n) is 15.6. The maximum atomic E-state index is 12.6. The van der Waals surface area contributed by atoms with Crippen LogP contribution in [0.25, 0.3) is 0 Å². The summed E-state index contributed by atoms with van der Waals surface area (Å²) in [5.41, 5.74) is 0.517. The topological polar surface area (TPSA) is 101 Å². The molecule has 0 aromatic heterocycles. The van der Waals surface area contributed by atoms with E-state index in [9.17, 15) is 23.3 Å². The number of nitro groups is 1. The van der Waals surface area contributed by atoms with E-state index in [0.29, 0.717) is 5.56 Å². The second-order valence-corrected chi connectivity index (χ2v) is 9.21. The summed E-state index contributed by atoms with van der Waals surface area (Å²) in [5.74, 6) is -0.429. The predicted octanol–water partition coefficient (Wildman–Crippen LogP) is 3.20. The van der Waals surface area contributed by atoms with Gasteiger partial charge in [0.25, 0.3) is 5.69 Å². The van der Waals surface area contributed by atoms with Gasteiger partial charge < -0.3 is 4.90 Å². The van der Waals surface area contributed by atoms with Crippen molar-refractivity contribution in [1.29, 1.82) is 0 Å². The van der Waals surface area contributed by atoms with Crippen molar-refractivity contribution in [3.8, 4) is 0 Å². The summed E-state index contributed by atoms with van der Waals surface area (Å²) >= 11 is 3.25. The van der Waals surface area contributed by atoms with Crippen LogP contribution in [0, 0.1) is 10.1 Å². The summed E-state index contributed by atoms with van der Waals surface area (Å²) in [6, 6.07) is 11.7. The molecule has 0 aliphatic carbocycles. The standard InChI is InChI=1S/C18H20BrN3O5S/c1-13(14-5-4-6-16(11-14)22(24)25)21(3)18(23)12-20(2)28(26,27)17-9-7-15(19)8-10-17/h4-11,13H,12H2,1-3H3. The third kappa shape index (κ3) is 4.94. The number of sulfonamides is 1. The smallest absolute Gasteiger partial charge is 0.269 e. The zero-order chi connectivity index (χ0) is 21.1. The maximum absolute atomic E-state index is 12.6. The van der Waals surface area contributed by atoms with Crippen molar-refractivity contribution in [2.45, 2.75) is 17.9 Å². The van der Waals surface area contributed by atoms with E-state index in [1.165, 1.54) is 43.3 Å². The lowest BCUT2D eigenvalue weighted by atomic mass is 10.1. The van der Waals surface area contributed by atoms with Gasteiger partial charge in [0.15, 0.2) is 0 Å². The van der Waals surface area contributed by atoms with E-state index in [2.05, 4.69) is 15.9 Å². The van der Waals surface area contributed by atoms with E-state index in [4.69, 9.17) is 0 Å². The maximum Gasteiger partial charge on any atom is 0.269 e. The molecule has 8 nitrogen and oxygen atoms in total. The Morgan fingerprint density at radius 1 is 1.18 bits per heavy atom. The summed E-state index contributed by atoms with van der Waals surface area (Å²) in [7, 11) is -0.949. The van der Waals surface area contributed by atoms with Crippen molar-refractivity contribution < 1.29 is 18.1 Å². The fraction of sp³-hybridized carbons (Fsp3) is 0.278. The molecule has 0 fully saturated rings. The van der Waals surface area contributed by atoms with Gasteiger partial charge >= 0.3 is 0 Å². The Kier molecular flexibility index (Phi) is 6.91. The van der Waals surface area contributed by atoms with Crippen LogP contribution in [-0.2, 0) is 14.8 Å². The van der Waals surface area contributed by atoms with E-state index >= 15 is 0 Å². The van der Waals surface area contributed by atoms with Crippen LogP contribution < -0.4 is 0 Å². The molecule has 0 aliphatic rings. The Morgan fingerprint density at radius 3 is 2.36 bits per heavy atom. The lowest BCUT2D eigenvalue weighted by molar-refractivity contribution is -0.384. The molecular weight excluding hydrogens is 450 g/mol. The molecule has 2 aromatic rings. The minimum absolute atomic E-state index is 0.0693. The molecule has 0 bridgehead atoms. The monoisotopic (exact) mass is 469 g/mol. The first-order valence-corrected chi connectivity index (χ1v) is 10.5. The first kappa shape index (κ1) is 22.0. The zero-order valence-corrected chi connectivity index (χ0v) is 18.0. The van der Waals surface area contributed by atoms with Crippen molar-refractivity contribution >= 4 is 37.5 Å². The number of hydrogen-bond acceptors (Lipinski definition) is 5. The van der Waals surface area contributed by atoms with E-state index < -0.39 is 26.9 Å². The summed E-state index contributed by atoms with van der Waals surface area (Å²) < 4.78 is 27.0. The Bertz CT molecular complexity index is 979. The number of non-ortho nitro benzene ring substituents is 1. The van der Waals surface area contributed by atoms with Crippen molar-refractivity contribution in [2.75, 3.05) is 20.6 Å². The molecule has 0 radical (unpaired) electrons. The second-order valence-electron chi connectivity index (χ2n) is 6.25. The third-order valence-corrected chi connectivity index (χ3v) is 6.76. The molecule has 1 unspecified atom stereocenters. The predicted molar refractivity (Wildman–Crippen MR) is 108 cm³/mol. The molecule has 0 spiro atoms. The molecule has 0 saturated carbocycles. The van der Waals surface area contributed by atoms with Crippen molar-refractivity contribution in [1.82, 2.24) is 9.21 Å². The molecule has 10 heteroatoms. The molecule has 0 heterocycles. The van der Waals surface area contributed by atoms with Gasteiger partial charge in [-0.1, -0.05) is 28.1 Å². The second kappa shape index (κ2) is 8.80. The molecule has 2 rings (SSSR count). The molecule has 0 aliphatic heterocycles. The van der Waals surface area contributed by atoms with Gasteiger partial charge in [-0.25, -0.2) is 8.42 Å². The number of halogens is 1. The summed E-state index contributed by atoms with van der Waals surface area (Å²) in [5, 5.41) is 10.9. The number of carbonyl (C=O) groups is 1. The first-order chi connectivity index (χ1) is 13.0. The van der Waals surface area contributed by atoms with Crippen molar-refractivity contribution in [3.63, 3.8) is 0 Å². The largest absolute Gasteiger partial charge is 0.338 e. The van der Waals surface area contributed by atoms with Crippen LogP contribution in [0.15, 0.2) is 57.9 Å². The highest BCUT2D eigenvalue weighted by Gasteiger charge is 2.26. The molecule has 0 N–H and O–H groups in total. The molecule has 150 valence electrons. The van der Waals surface area contributed by atoms with E-state index in [1.807, 2.05) is 0 Å². The number of nitrogens with zero attached hydrogens (tertiary/aromatic N) is 3. The first-order valence-electron chi connectivity index (χ1n) is 8.26. The highest BCUT2D eigenvalue weighted by atomic mass is 79.9. The average Bonchev–Trinajstić information content (AvgIpc) is 2.67. The Hall–Kier alpha value is -2.30. The van der Waals surface area contributed by atoms with E-state index in [-0.39, 0.29) is 17.1 Å². The lowest BCUT2D eigenvalue weighted by Gasteiger charge is -2.27. The summed E-state index contributed by atoms with van der Waals surface area (Å²) in [6.45, 7) is 1.37. The molecule has 0 saturated heterocycles. The molecule has 1 atom stereocenters. The van der Waals surface area contributed by atoms with Crippen LogP contribution >= 0.6 is 15.9 Å². The molecule has 1 amide bonds. The van der Waals surface area contributed by atoms with Crippen molar-refractivity contribution in [3.05, 3.63) is 68.7 Å². The van der Waals surface area contributed by atoms with E-state index in [0.717, 1.165) is 8.78 Å². The molecule has 28 heavy (non-hydrogen) atoms. The third-order valence-electron chi connectivity index (χ3n) is 4.42. The average molecular weight is 470 g/mol. The SMILES string of the molecule is CC(c1cccc([N+](=O)[O-])c1)N(C)C(=O)CN(C)S(=O)(=O)c1ccc(Br)cc1. The minimum atomic E-state index is -3.82. The number of benzene rings is 2. The Labute approximate surface area is 172 Å². The van der Waals surface area contributed by atoms with Gasteiger partial charge in [-0.05, 0) is 36.8 Å². The van der Waals surface area contributed by atoms with Crippen LogP contribution in [0.4, 0.5) is 5.69 Å². The van der Waals surface area contributed by atoms with Gasteiger partial charge in [0.1, 0.15) is 0 Å². The molecular formula is C18H20BrN3O5S. The highest BCUT2D eigenvalue weighted by molar-refractivity contribution is 9.10. The van der Waals surface area contributed by atoms with Gasteiger partial charge in [0, 0.05) is 30.7 Å². The fourth-order valence-electron chi connectivity index (χ4n) is 2.51. The van der Waals surface area contributed by atoms with Gasteiger partial charge in [-0.15, -0.1) is 0 Å². The van der Waals surface area contributed by atoms with Gasteiger partial charge in [0.05, 0.1) is 22.4 Å². The quantitative estimate of drug-likeness (QED) is 0.457. The van der Waals surface area contributed by atoms with Crippen LogP contribution in [0.2, 0.25) is 0 Å². The number of hydrogen-bond donors (Lipinski definition) is 0. The lowest BCUT2D eigenvalue weighted by Crippen LogP contribution is -2.40. The number of nitro benzene ring substituents is 1. The summed E-state index contributed by atoms with van der Waals surface area (Å²) in [4.78, 5) is 24.5.